The molecule has 0 amide bonds. The van der Waals surface area contributed by atoms with E-state index in [2.05, 4.69) is 10.1 Å². The molecule has 0 aliphatic heterocycles. The van der Waals surface area contributed by atoms with Crippen molar-refractivity contribution < 1.29 is 9.26 Å². The summed E-state index contributed by atoms with van der Waals surface area (Å²) in [7, 11) is 0. The fourth-order valence-corrected chi connectivity index (χ4v) is 2.97. The minimum atomic E-state index is 0.153. The molecule has 0 radical (unpaired) electrons. The quantitative estimate of drug-likeness (QED) is 0.579. The van der Waals surface area contributed by atoms with Crippen molar-refractivity contribution in [3.8, 4) is 17.0 Å². The van der Waals surface area contributed by atoms with Crippen molar-refractivity contribution >= 4 is 23.2 Å². The molecule has 2 heterocycles. The van der Waals surface area contributed by atoms with Crippen LogP contribution in [0.2, 0.25) is 10.0 Å². The van der Waals surface area contributed by atoms with E-state index in [0.29, 0.717) is 27.9 Å². The Bertz CT molecular complexity index is 812. The first-order valence-corrected chi connectivity index (χ1v) is 8.29. The lowest BCUT2D eigenvalue weighted by atomic mass is 10.0. The standard InChI is InChI=1S/C18H16Cl2N2O2/c1-11(2)18-13(10-23-12-6-4-3-5-7-12)17(22-24-18)16-14(19)8-21-9-15(16)20/h3-9,11H,10H2,1-2H3. The van der Waals surface area contributed by atoms with Crippen LogP contribution >= 0.6 is 23.2 Å². The average molecular weight is 363 g/mol. The zero-order valence-electron chi connectivity index (χ0n) is 13.3. The Morgan fingerprint density at radius 1 is 1.08 bits per heavy atom. The molecule has 0 aliphatic carbocycles. The van der Waals surface area contributed by atoms with Crippen LogP contribution in [0.1, 0.15) is 31.1 Å². The van der Waals surface area contributed by atoms with Gasteiger partial charge in [-0.05, 0) is 12.1 Å². The van der Waals surface area contributed by atoms with Gasteiger partial charge in [0.2, 0.25) is 0 Å². The Morgan fingerprint density at radius 2 is 1.75 bits per heavy atom. The molecule has 0 bridgehead atoms. The minimum absolute atomic E-state index is 0.153. The largest absolute Gasteiger partial charge is 0.489 e. The molecule has 0 atom stereocenters. The summed E-state index contributed by atoms with van der Waals surface area (Å²) in [6.07, 6.45) is 3.07. The van der Waals surface area contributed by atoms with Gasteiger partial charge in [-0.2, -0.15) is 0 Å². The van der Waals surface area contributed by atoms with E-state index in [9.17, 15) is 0 Å². The number of ether oxygens (including phenoxy) is 1. The van der Waals surface area contributed by atoms with Crippen LogP contribution in [0, 0.1) is 0 Å². The van der Waals surface area contributed by atoms with Gasteiger partial charge in [-0.25, -0.2) is 0 Å². The summed E-state index contributed by atoms with van der Waals surface area (Å²) in [5, 5.41) is 5.04. The van der Waals surface area contributed by atoms with Gasteiger partial charge in [-0.15, -0.1) is 0 Å². The summed E-state index contributed by atoms with van der Waals surface area (Å²) in [4.78, 5) is 3.98. The SMILES string of the molecule is CC(C)c1onc(-c2c(Cl)cncc2Cl)c1COc1ccccc1. The van der Waals surface area contributed by atoms with E-state index in [1.807, 2.05) is 44.2 Å². The number of rotatable bonds is 5. The predicted octanol–water partition coefficient (Wildman–Crippen LogP) is 5.75. The summed E-state index contributed by atoms with van der Waals surface area (Å²) in [6.45, 7) is 4.38. The molecule has 0 unspecified atom stereocenters. The molecule has 6 heteroatoms. The normalized spacial score (nSPS) is 11.0. The first-order valence-electron chi connectivity index (χ1n) is 7.53. The summed E-state index contributed by atoms with van der Waals surface area (Å²) in [6, 6.07) is 9.57. The Labute approximate surface area is 150 Å². The number of aromatic nitrogens is 2. The second-order valence-electron chi connectivity index (χ2n) is 5.61. The number of pyridine rings is 1. The fraction of sp³-hybridized carbons (Fsp3) is 0.222. The molecule has 0 saturated heterocycles. The Balaban J connectivity index is 2.01. The van der Waals surface area contributed by atoms with Crippen molar-refractivity contribution in [3.05, 3.63) is 64.1 Å². The molecule has 24 heavy (non-hydrogen) atoms. The lowest BCUT2D eigenvalue weighted by Gasteiger charge is -2.10. The molecule has 0 saturated carbocycles. The van der Waals surface area contributed by atoms with Crippen LogP contribution in [-0.4, -0.2) is 10.1 Å². The van der Waals surface area contributed by atoms with Crippen molar-refractivity contribution in [3.63, 3.8) is 0 Å². The van der Waals surface area contributed by atoms with Crippen molar-refractivity contribution in [2.75, 3.05) is 0 Å². The van der Waals surface area contributed by atoms with Crippen LogP contribution in [0.25, 0.3) is 11.3 Å². The monoisotopic (exact) mass is 362 g/mol. The number of para-hydroxylation sites is 1. The van der Waals surface area contributed by atoms with Crippen molar-refractivity contribution in [1.29, 1.82) is 0 Å². The molecule has 0 aliphatic rings. The third-order valence-corrected chi connectivity index (χ3v) is 4.13. The van der Waals surface area contributed by atoms with E-state index in [4.69, 9.17) is 32.5 Å². The van der Waals surface area contributed by atoms with Gasteiger partial charge in [0.1, 0.15) is 23.8 Å². The Kier molecular flexibility index (Phi) is 5.07. The molecule has 3 aromatic rings. The summed E-state index contributed by atoms with van der Waals surface area (Å²) in [5.74, 6) is 1.68. The smallest absolute Gasteiger partial charge is 0.146 e. The third kappa shape index (κ3) is 3.40. The van der Waals surface area contributed by atoms with Crippen molar-refractivity contribution in [1.82, 2.24) is 10.1 Å². The maximum Gasteiger partial charge on any atom is 0.146 e. The zero-order chi connectivity index (χ0) is 17.1. The summed E-state index contributed by atoms with van der Waals surface area (Å²) < 4.78 is 11.4. The Morgan fingerprint density at radius 3 is 2.38 bits per heavy atom. The van der Waals surface area contributed by atoms with Gasteiger partial charge in [0, 0.05) is 23.9 Å². The molecular formula is C18H16Cl2N2O2. The first-order chi connectivity index (χ1) is 11.6. The maximum absolute atomic E-state index is 6.27. The first kappa shape index (κ1) is 16.8. The van der Waals surface area contributed by atoms with Crippen LogP contribution in [0.4, 0.5) is 0 Å². The van der Waals surface area contributed by atoms with E-state index < -0.39 is 0 Å². The fourth-order valence-electron chi connectivity index (χ4n) is 2.42. The molecule has 0 spiro atoms. The second kappa shape index (κ2) is 7.24. The minimum Gasteiger partial charge on any atom is -0.489 e. The highest BCUT2D eigenvalue weighted by Crippen LogP contribution is 2.38. The van der Waals surface area contributed by atoms with Crippen molar-refractivity contribution in [2.45, 2.75) is 26.4 Å². The van der Waals surface area contributed by atoms with Gasteiger partial charge in [0.25, 0.3) is 0 Å². The highest BCUT2D eigenvalue weighted by Gasteiger charge is 2.24. The molecular weight excluding hydrogens is 347 g/mol. The van der Waals surface area contributed by atoms with Gasteiger partial charge < -0.3 is 9.26 Å². The van der Waals surface area contributed by atoms with Crippen LogP contribution in [0.5, 0.6) is 5.75 Å². The van der Waals surface area contributed by atoms with Gasteiger partial charge >= 0.3 is 0 Å². The summed E-state index contributed by atoms with van der Waals surface area (Å²) >= 11 is 12.5. The van der Waals surface area contributed by atoms with Gasteiger partial charge in [0.15, 0.2) is 0 Å². The van der Waals surface area contributed by atoms with Gasteiger partial charge in [0.05, 0.1) is 15.6 Å². The van der Waals surface area contributed by atoms with Crippen LogP contribution < -0.4 is 4.74 Å². The van der Waals surface area contributed by atoms with Crippen LogP contribution in [-0.2, 0) is 6.61 Å². The van der Waals surface area contributed by atoms with Crippen molar-refractivity contribution in [2.24, 2.45) is 0 Å². The molecule has 4 nitrogen and oxygen atoms in total. The number of hydrogen-bond acceptors (Lipinski definition) is 4. The average Bonchev–Trinajstić information content (AvgIpc) is 2.97. The molecule has 124 valence electrons. The molecule has 0 N–H and O–H groups in total. The third-order valence-electron chi connectivity index (χ3n) is 3.56. The second-order valence-corrected chi connectivity index (χ2v) is 6.42. The number of hydrogen-bond donors (Lipinski definition) is 0. The highest BCUT2D eigenvalue weighted by atomic mass is 35.5. The van der Waals surface area contributed by atoms with E-state index in [-0.39, 0.29) is 5.92 Å². The van der Waals surface area contributed by atoms with Crippen LogP contribution in [0.3, 0.4) is 0 Å². The molecule has 3 rings (SSSR count). The van der Waals surface area contributed by atoms with E-state index in [1.54, 1.807) is 0 Å². The topological polar surface area (TPSA) is 48.2 Å². The number of halogens is 2. The van der Waals surface area contributed by atoms with E-state index in [1.165, 1.54) is 12.4 Å². The molecule has 0 fully saturated rings. The summed E-state index contributed by atoms with van der Waals surface area (Å²) in [5.41, 5.74) is 2.03. The lowest BCUT2D eigenvalue weighted by Crippen LogP contribution is -2.01. The number of nitrogens with zero attached hydrogens (tertiary/aromatic N) is 2. The lowest BCUT2D eigenvalue weighted by molar-refractivity contribution is 0.298. The van der Waals surface area contributed by atoms with E-state index in [0.717, 1.165) is 17.1 Å². The van der Waals surface area contributed by atoms with E-state index >= 15 is 0 Å². The molecule has 1 aromatic carbocycles. The van der Waals surface area contributed by atoms with Gasteiger partial charge in [-0.1, -0.05) is 60.4 Å². The Hall–Kier alpha value is -2.04. The maximum atomic E-state index is 6.27. The molecule has 2 aromatic heterocycles. The highest BCUT2D eigenvalue weighted by molar-refractivity contribution is 6.38. The van der Waals surface area contributed by atoms with Gasteiger partial charge in [-0.3, -0.25) is 4.98 Å². The number of benzene rings is 1. The zero-order valence-corrected chi connectivity index (χ0v) is 14.8. The van der Waals surface area contributed by atoms with Crippen LogP contribution in [0.15, 0.2) is 47.2 Å². The predicted molar refractivity (Wildman–Crippen MR) is 94.6 cm³/mol.